The fourth-order valence-corrected chi connectivity index (χ4v) is 3.04. The predicted molar refractivity (Wildman–Crippen MR) is 115 cm³/mol. The van der Waals surface area contributed by atoms with Gasteiger partial charge in [-0.25, -0.2) is 4.98 Å². The van der Waals surface area contributed by atoms with Crippen LogP contribution in [-0.4, -0.2) is 22.4 Å². The number of nitro benzene ring substituents is 1. The molecular formula is C22H16ClN3O5. The number of carbonyl (C=O) groups excluding carboxylic acids is 1. The van der Waals surface area contributed by atoms with E-state index in [9.17, 15) is 14.9 Å². The number of nitrogens with one attached hydrogen (secondary N) is 1. The Kier molecular flexibility index (Phi) is 5.81. The molecule has 156 valence electrons. The second kappa shape index (κ2) is 8.85. The van der Waals surface area contributed by atoms with Crippen LogP contribution in [0.1, 0.15) is 11.5 Å². The number of nitrogens with zero attached hydrogens (tertiary/aromatic N) is 2. The number of anilines is 1. The van der Waals surface area contributed by atoms with Gasteiger partial charge < -0.3 is 14.5 Å². The minimum Gasteiger partial charge on any atom is -0.484 e. The number of oxazole rings is 1. The molecule has 0 aliphatic rings. The van der Waals surface area contributed by atoms with Gasteiger partial charge in [-0.2, -0.15) is 0 Å². The first-order valence-corrected chi connectivity index (χ1v) is 9.65. The number of ether oxygens (including phenoxy) is 1. The van der Waals surface area contributed by atoms with Crippen LogP contribution < -0.4 is 10.1 Å². The van der Waals surface area contributed by atoms with Gasteiger partial charge in [0.1, 0.15) is 11.3 Å². The molecule has 4 rings (SSSR count). The molecule has 8 nitrogen and oxygen atoms in total. The summed E-state index contributed by atoms with van der Waals surface area (Å²) in [6.07, 6.45) is 0.524. The zero-order valence-electron chi connectivity index (χ0n) is 16.1. The summed E-state index contributed by atoms with van der Waals surface area (Å²) in [4.78, 5) is 26.8. The van der Waals surface area contributed by atoms with Crippen molar-refractivity contribution in [3.8, 4) is 5.75 Å². The Morgan fingerprint density at radius 2 is 1.84 bits per heavy atom. The first kappa shape index (κ1) is 20.4. The summed E-state index contributed by atoms with van der Waals surface area (Å²) in [6, 6.07) is 18.1. The molecule has 0 fully saturated rings. The van der Waals surface area contributed by atoms with Crippen molar-refractivity contribution in [2.45, 2.75) is 6.42 Å². The van der Waals surface area contributed by atoms with Crippen LogP contribution in [0.25, 0.3) is 11.1 Å². The van der Waals surface area contributed by atoms with E-state index < -0.39 is 4.92 Å². The zero-order chi connectivity index (χ0) is 21.8. The number of amides is 1. The van der Waals surface area contributed by atoms with Gasteiger partial charge in [0.2, 0.25) is 0 Å². The third-order valence-electron chi connectivity index (χ3n) is 4.40. The van der Waals surface area contributed by atoms with Crippen LogP contribution in [0.2, 0.25) is 5.02 Å². The average Bonchev–Trinajstić information content (AvgIpc) is 3.15. The number of hydrogen-bond acceptors (Lipinski definition) is 6. The lowest BCUT2D eigenvalue weighted by Crippen LogP contribution is -2.20. The van der Waals surface area contributed by atoms with E-state index in [2.05, 4.69) is 10.3 Å². The van der Waals surface area contributed by atoms with Crippen LogP contribution in [0.15, 0.2) is 71.1 Å². The number of carbonyl (C=O) groups is 1. The van der Waals surface area contributed by atoms with Gasteiger partial charge in [-0.15, -0.1) is 0 Å². The number of non-ortho nitro benzene ring substituents is 1. The number of aromatic nitrogens is 1. The smallest absolute Gasteiger partial charge is 0.269 e. The Hall–Kier alpha value is -3.91. The molecule has 0 spiro atoms. The third-order valence-corrected chi connectivity index (χ3v) is 4.65. The third kappa shape index (κ3) is 5.18. The summed E-state index contributed by atoms with van der Waals surface area (Å²) in [5.41, 5.74) is 2.76. The van der Waals surface area contributed by atoms with Gasteiger partial charge in [0.05, 0.1) is 4.92 Å². The van der Waals surface area contributed by atoms with Crippen molar-refractivity contribution in [3.63, 3.8) is 0 Å². The summed E-state index contributed by atoms with van der Waals surface area (Å²) >= 11 is 5.91. The topological polar surface area (TPSA) is 108 Å². The van der Waals surface area contributed by atoms with Crippen LogP contribution in [0.4, 0.5) is 11.4 Å². The van der Waals surface area contributed by atoms with Gasteiger partial charge >= 0.3 is 0 Å². The van der Waals surface area contributed by atoms with E-state index in [1.54, 1.807) is 18.2 Å². The second-order valence-corrected chi connectivity index (χ2v) is 7.12. The highest BCUT2D eigenvalue weighted by Gasteiger charge is 2.10. The highest BCUT2D eigenvalue weighted by Crippen LogP contribution is 2.22. The molecule has 0 saturated carbocycles. The van der Waals surface area contributed by atoms with E-state index in [4.69, 9.17) is 20.8 Å². The number of hydrogen-bond donors (Lipinski definition) is 1. The monoisotopic (exact) mass is 437 g/mol. The standard InChI is InChI=1S/C22H16ClN3O5/c23-15-3-1-14(2-4-15)11-22-25-19-12-16(5-10-20(19)31-22)24-21(27)13-30-18-8-6-17(7-9-18)26(28)29/h1-10,12H,11,13H2,(H,24,27). The molecule has 0 aliphatic heterocycles. The second-order valence-electron chi connectivity index (χ2n) is 6.68. The molecule has 3 aromatic carbocycles. The molecule has 0 bridgehead atoms. The average molecular weight is 438 g/mol. The quantitative estimate of drug-likeness (QED) is 0.322. The molecule has 4 aromatic rings. The molecule has 0 radical (unpaired) electrons. The number of rotatable bonds is 7. The minimum atomic E-state index is -0.503. The lowest BCUT2D eigenvalue weighted by molar-refractivity contribution is -0.384. The van der Waals surface area contributed by atoms with Crippen molar-refractivity contribution in [3.05, 3.63) is 93.3 Å². The van der Waals surface area contributed by atoms with Gasteiger partial charge in [-0.3, -0.25) is 14.9 Å². The van der Waals surface area contributed by atoms with Crippen LogP contribution in [0.5, 0.6) is 5.75 Å². The normalized spacial score (nSPS) is 10.7. The van der Waals surface area contributed by atoms with E-state index in [1.165, 1.54) is 24.3 Å². The van der Waals surface area contributed by atoms with E-state index in [0.717, 1.165) is 5.56 Å². The first-order valence-electron chi connectivity index (χ1n) is 9.27. The Morgan fingerprint density at radius 3 is 2.55 bits per heavy atom. The fourth-order valence-electron chi connectivity index (χ4n) is 2.92. The molecule has 0 atom stereocenters. The zero-order valence-corrected chi connectivity index (χ0v) is 16.8. The van der Waals surface area contributed by atoms with Gasteiger partial charge in [-0.05, 0) is 48.0 Å². The van der Waals surface area contributed by atoms with E-state index in [0.29, 0.717) is 39.9 Å². The van der Waals surface area contributed by atoms with Crippen LogP contribution >= 0.6 is 11.6 Å². The van der Waals surface area contributed by atoms with E-state index >= 15 is 0 Å². The fraction of sp³-hybridized carbons (Fsp3) is 0.0909. The number of fused-ring (bicyclic) bond motifs is 1. The van der Waals surface area contributed by atoms with Crippen LogP contribution in [-0.2, 0) is 11.2 Å². The molecule has 0 saturated heterocycles. The van der Waals surface area contributed by atoms with Gasteiger partial charge in [0, 0.05) is 29.3 Å². The maximum atomic E-state index is 12.2. The van der Waals surface area contributed by atoms with E-state index in [-0.39, 0.29) is 18.2 Å². The summed E-state index contributed by atoms with van der Waals surface area (Å²) in [5.74, 6) is 0.546. The summed E-state index contributed by atoms with van der Waals surface area (Å²) < 4.78 is 11.1. The van der Waals surface area contributed by atoms with Crippen LogP contribution in [0, 0.1) is 10.1 Å². The maximum absolute atomic E-state index is 12.2. The Balaban J connectivity index is 1.37. The predicted octanol–water partition coefficient (Wildman–Crippen LogP) is 5.00. The minimum absolute atomic E-state index is 0.0480. The van der Waals surface area contributed by atoms with Gasteiger partial charge in [-0.1, -0.05) is 23.7 Å². The van der Waals surface area contributed by atoms with Crippen molar-refractivity contribution in [1.29, 1.82) is 0 Å². The lowest BCUT2D eigenvalue weighted by Gasteiger charge is -2.07. The maximum Gasteiger partial charge on any atom is 0.269 e. The van der Waals surface area contributed by atoms with Crippen molar-refractivity contribution < 1.29 is 18.9 Å². The summed E-state index contributed by atoms with van der Waals surface area (Å²) in [7, 11) is 0. The molecule has 0 unspecified atom stereocenters. The molecule has 1 amide bonds. The molecule has 1 heterocycles. The van der Waals surface area contributed by atoms with Crippen molar-refractivity contribution in [2.24, 2.45) is 0 Å². The number of nitro groups is 1. The van der Waals surface area contributed by atoms with Crippen molar-refractivity contribution >= 4 is 40.0 Å². The highest BCUT2D eigenvalue weighted by molar-refractivity contribution is 6.30. The van der Waals surface area contributed by atoms with Crippen molar-refractivity contribution in [2.75, 3.05) is 11.9 Å². The summed E-state index contributed by atoms with van der Waals surface area (Å²) in [5, 5.41) is 14.1. The number of benzene rings is 3. The number of halogens is 1. The molecular weight excluding hydrogens is 422 g/mol. The Morgan fingerprint density at radius 1 is 1.10 bits per heavy atom. The molecule has 1 N–H and O–H groups in total. The lowest BCUT2D eigenvalue weighted by atomic mass is 10.1. The van der Waals surface area contributed by atoms with Gasteiger partial charge in [0.25, 0.3) is 11.6 Å². The van der Waals surface area contributed by atoms with E-state index in [1.807, 2.05) is 24.3 Å². The molecule has 0 aliphatic carbocycles. The first-order chi connectivity index (χ1) is 15.0. The molecule has 31 heavy (non-hydrogen) atoms. The van der Waals surface area contributed by atoms with Crippen LogP contribution in [0.3, 0.4) is 0 Å². The summed E-state index contributed by atoms with van der Waals surface area (Å²) in [6.45, 7) is -0.240. The largest absolute Gasteiger partial charge is 0.484 e. The van der Waals surface area contributed by atoms with Gasteiger partial charge in [0.15, 0.2) is 18.1 Å². The Labute approximate surface area is 181 Å². The highest BCUT2D eigenvalue weighted by atomic mass is 35.5. The molecule has 1 aromatic heterocycles. The molecule has 9 heteroatoms. The van der Waals surface area contributed by atoms with Crippen molar-refractivity contribution in [1.82, 2.24) is 4.98 Å². The Bertz CT molecular complexity index is 1240. The SMILES string of the molecule is O=C(COc1ccc([N+](=O)[O-])cc1)Nc1ccc2oc(Cc3ccc(Cl)cc3)nc2c1.